The van der Waals surface area contributed by atoms with Gasteiger partial charge in [-0.1, -0.05) is 98.8 Å². The monoisotopic (exact) mass is 721 g/mol. The summed E-state index contributed by atoms with van der Waals surface area (Å²) in [6.45, 7) is 11.5. The number of aliphatic hydroxyl groups excluding tert-OH is 1. The Labute approximate surface area is 312 Å². The van der Waals surface area contributed by atoms with E-state index >= 15 is 0 Å². The summed E-state index contributed by atoms with van der Waals surface area (Å²) in [5, 5.41) is 15.7. The third-order valence-electron chi connectivity index (χ3n) is 10.2. The number of fused-ring (bicyclic) bond motifs is 4. The first-order chi connectivity index (χ1) is 25.6. The van der Waals surface area contributed by atoms with Gasteiger partial charge in [0.05, 0.1) is 24.6 Å². The molecule has 1 aliphatic carbocycles. The van der Waals surface area contributed by atoms with E-state index in [2.05, 4.69) is 35.9 Å². The van der Waals surface area contributed by atoms with Crippen LogP contribution in [0, 0.1) is 11.8 Å². The Bertz CT molecular complexity index is 1740. The largest absolute Gasteiger partial charge is 0.462 e. The van der Waals surface area contributed by atoms with E-state index in [1.54, 1.807) is 17.1 Å². The normalized spacial score (nSPS) is 16.3. The van der Waals surface area contributed by atoms with Crippen molar-refractivity contribution in [1.82, 2.24) is 15.5 Å². The number of benzene rings is 3. The van der Waals surface area contributed by atoms with Crippen LogP contribution >= 0.6 is 0 Å². The number of rotatable bonds is 17. The number of alkyl carbamates (subject to hydrolysis) is 1. The minimum Gasteiger partial charge on any atom is -0.462 e. The van der Waals surface area contributed by atoms with Gasteiger partial charge in [-0.3, -0.25) is 9.59 Å². The van der Waals surface area contributed by atoms with Crippen molar-refractivity contribution >= 4 is 23.9 Å². The Morgan fingerprint density at radius 3 is 2.15 bits per heavy atom. The molecule has 0 fully saturated rings. The van der Waals surface area contributed by atoms with Crippen molar-refractivity contribution < 1.29 is 33.8 Å². The van der Waals surface area contributed by atoms with Gasteiger partial charge in [-0.25, -0.2) is 9.59 Å². The molecule has 10 nitrogen and oxygen atoms in total. The molecule has 0 saturated heterocycles. The lowest BCUT2D eigenvalue weighted by Crippen LogP contribution is -2.49. The number of ether oxygens (including phenoxy) is 2. The highest BCUT2D eigenvalue weighted by atomic mass is 16.6. The SMILES string of the molecule is C=CCCC(NC(=O)OCC1c2ccccc2-c2ccccc21)C(=O)OCC(NC(=O)C(CC=C)CC(=O)N1Cc2ccccc2CC1CO)C(C)C. The van der Waals surface area contributed by atoms with E-state index < -0.39 is 30.1 Å². The summed E-state index contributed by atoms with van der Waals surface area (Å²) in [6.07, 6.45) is 3.99. The number of nitrogens with one attached hydrogen (secondary N) is 2. The number of allylic oxidation sites excluding steroid dienone is 2. The van der Waals surface area contributed by atoms with Gasteiger partial charge in [0.2, 0.25) is 11.8 Å². The summed E-state index contributed by atoms with van der Waals surface area (Å²) in [5.74, 6) is -2.19. The molecule has 5 rings (SSSR count). The third-order valence-corrected chi connectivity index (χ3v) is 10.2. The standard InChI is InChI=1S/C43H51N3O7/c1-5-7-21-38(45-43(51)53-26-37-35-19-12-10-17-33(35)34-18-11-13-20-36(34)37)42(50)52-27-39(28(3)4)44-41(49)30(14-6-2)23-40(48)46-24-31-16-9-8-15-29(31)22-32(46)25-47/h5-6,8-13,15-20,28,30,32,37-39,47H,1-2,7,14,21-27H2,3-4H3,(H,44,49)(H,45,51). The fraction of sp³-hybridized carbons (Fsp3) is 0.395. The van der Waals surface area contributed by atoms with Crippen LogP contribution in [-0.2, 0) is 36.8 Å². The van der Waals surface area contributed by atoms with Crippen molar-refractivity contribution in [3.63, 3.8) is 0 Å². The van der Waals surface area contributed by atoms with Crippen molar-refractivity contribution in [2.24, 2.45) is 11.8 Å². The van der Waals surface area contributed by atoms with Gasteiger partial charge in [0.1, 0.15) is 19.3 Å². The van der Waals surface area contributed by atoms with Crippen molar-refractivity contribution in [3.8, 4) is 11.1 Å². The van der Waals surface area contributed by atoms with Crippen LogP contribution in [0.2, 0.25) is 0 Å². The zero-order valence-electron chi connectivity index (χ0n) is 30.7. The van der Waals surface area contributed by atoms with E-state index in [0.717, 1.165) is 33.4 Å². The minimum absolute atomic E-state index is 0.0607. The van der Waals surface area contributed by atoms with E-state index in [1.165, 1.54) is 0 Å². The summed E-state index contributed by atoms with van der Waals surface area (Å²) < 4.78 is 11.4. The number of carbonyl (C=O) groups excluding carboxylic acids is 4. The molecule has 3 amide bonds. The zero-order chi connectivity index (χ0) is 37.9. The average Bonchev–Trinajstić information content (AvgIpc) is 3.49. The fourth-order valence-corrected chi connectivity index (χ4v) is 7.14. The number of esters is 1. The summed E-state index contributed by atoms with van der Waals surface area (Å²) >= 11 is 0. The molecule has 1 aliphatic heterocycles. The second kappa shape index (κ2) is 18.5. The van der Waals surface area contributed by atoms with Gasteiger partial charge >= 0.3 is 12.1 Å². The van der Waals surface area contributed by atoms with Crippen LogP contribution in [-0.4, -0.2) is 71.8 Å². The van der Waals surface area contributed by atoms with Crippen LogP contribution in [0.25, 0.3) is 11.1 Å². The molecule has 53 heavy (non-hydrogen) atoms. The smallest absolute Gasteiger partial charge is 0.407 e. The second-order valence-electron chi connectivity index (χ2n) is 14.1. The lowest BCUT2D eigenvalue weighted by atomic mass is 9.92. The van der Waals surface area contributed by atoms with Crippen LogP contribution in [0.15, 0.2) is 98.1 Å². The van der Waals surface area contributed by atoms with Crippen LogP contribution in [0.4, 0.5) is 4.79 Å². The summed E-state index contributed by atoms with van der Waals surface area (Å²) in [4.78, 5) is 55.2. The number of hydrogen-bond acceptors (Lipinski definition) is 7. The number of nitrogens with zero attached hydrogens (tertiary/aromatic N) is 1. The van der Waals surface area contributed by atoms with Crippen molar-refractivity contribution in [2.45, 2.75) is 76.5 Å². The van der Waals surface area contributed by atoms with Crippen molar-refractivity contribution in [2.75, 3.05) is 19.8 Å². The molecule has 3 aromatic rings. The Kier molecular flexibility index (Phi) is 13.6. The molecule has 280 valence electrons. The highest BCUT2D eigenvalue weighted by Crippen LogP contribution is 2.44. The predicted octanol–water partition coefficient (Wildman–Crippen LogP) is 6.07. The van der Waals surface area contributed by atoms with Crippen LogP contribution in [0.5, 0.6) is 0 Å². The van der Waals surface area contributed by atoms with Crippen molar-refractivity contribution in [1.29, 1.82) is 0 Å². The topological polar surface area (TPSA) is 134 Å². The first-order valence-electron chi connectivity index (χ1n) is 18.4. The molecule has 0 radical (unpaired) electrons. The fourth-order valence-electron chi connectivity index (χ4n) is 7.14. The zero-order valence-corrected chi connectivity index (χ0v) is 30.7. The van der Waals surface area contributed by atoms with Crippen molar-refractivity contribution in [3.05, 3.63) is 120 Å². The summed E-state index contributed by atoms with van der Waals surface area (Å²) in [7, 11) is 0. The quantitative estimate of drug-likeness (QED) is 0.114. The number of carbonyl (C=O) groups is 4. The molecule has 0 bridgehead atoms. The van der Waals surface area contributed by atoms with Gasteiger partial charge in [0.25, 0.3) is 0 Å². The molecular weight excluding hydrogens is 670 g/mol. The first-order valence-corrected chi connectivity index (χ1v) is 18.4. The Balaban J connectivity index is 1.16. The Morgan fingerprint density at radius 2 is 1.53 bits per heavy atom. The maximum Gasteiger partial charge on any atom is 0.407 e. The van der Waals surface area contributed by atoms with Crippen LogP contribution in [0.3, 0.4) is 0 Å². The molecule has 0 spiro atoms. The van der Waals surface area contributed by atoms with Gasteiger partial charge < -0.3 is 30.1 Å². The lowest BCUT2D eigenvalue weighted by Gasteiger charge is -2.36. The maximum absolute atomic E-state index is 13.6. The molecule has 2 aliphatic rings. The van der Waals surface area contributed by atoms with Gasteiger partial charge in [0, 0.05) is 18.9 Å². The average molecular weight is 722 g/mol. The van der Waals surface area contributed by atoms with E-state index in [0.29, 0.717) is 19.4 Å². The molecule has 0 saturated carbocycles. The molecule has 3 N–H and O–H groups in total. The van der Waals surface area contributed by atoms with E-state index in [9.17, 15) is 24.3 Å². The van der Waals surface area contributed by atoms with Crippen LogP contribution in [0.1, 0.15) is 67.7 Å². The molecule has 1 heterocycles. The molecule has 0 aromatic heterocycles. The summed E-state index contributed by atoms with van der Waals surface area (Å²) in [5.41, 5.74) is 6.51. The highest BCUT2D eigenvalue weighted by molar-refractivity contribution is 5.87. The lowest BCUT2D eigenvalue weighted by molar-refractivity contribution is -0.148. The van der Waals surface area contributed by atoms with Crippen LogP contribution < -0.4 is 10.6 Å². The number of amides is 3. The van der Waals surface area contributed by atoms with Gasteiger partial charge in [-0.15, -0.1) is 13.2 Å². The summed E-state index contributed by atoms with van der Waals surface area (Å²) in [6, 6.07) is 22.0. The number of hydrogen-bond donors (Lipinski definition) is 3. The molecule has 4 atom stereocenters. The van der Waals surface area contributed by atoms with Gasteiger partial charge in [-0.2, -0.15) is 0 Å². The van der Waals surface area contributed by atoms with Gasteiger partial charge in [0.15, 0.2) is 0 Å². The Hall–Kier alpha value is -5.22. The number of aliphatic hydroxyl groups is 1. The third kappa shape index (κ3) is 9.61. The molecular formula is C43H51N3O7. The molecule has 3 aromatic carbocycles. The Morgan fingerprint density at radius 1 is 0.887 bits per heavy atom. The van der Waals surface area contributed by atoms with E-state index in [1.807, 2.05) is 74.5 Å². The minimum atomic E-state index is -0.993. The van der Waals surface area contributed by atoms with E-state index in [4.69, 9.17) is 9.47 Å². The molecule has 10 heteroatoms. The van der Waals surface area contributed by atoms with Gasteiger partial charge in [-0.05, 0) is 65.0 Å². The maximum atomic E-state index is 13.6. The highest BCUT2D eigenvalue weighted by Gasteiger charge is 2.34. The second-order valence-corrected chi connectivity index (χ2v) is 14.1. The van der Waals surface area contributed by atoms with E-state index in [-0.39, 0.29) is 68.8 Å². The molecule has 4 unspecified atom stereocenters. The predicted molar refractivity (Wildman–Crippen MR) is 204 cm³/mol. The first kappa shape index (κ1) is 39.0.